The van der Waals surface area contributed by atoms with Crippen molar-refractivity contribution in [2.24, 2.45) is 0 Å². The number of hydrogen-bond acceptors (Lipinski definition) is 5. The summed E-state index contributed by atoms with van der Waals surface area (Å²) in [6.07, 6.45) is 1.90. The SMILES string of the molecule is Cc1cnc(CSc2nc3cc(OC(F)F)ccc3[nH]2)c(C)c1SCc1ccc(Cl)cc1. The lowest BCUT2D eigenvalue weighted by Gasteiger charge is -2.13. The van der Waals surface area contributed by atoms with E-state index >= 15 is 0 Å². The summed E-state index contributed by atoms with van der Waals surface area (Å²) in [6.45, 7) is 1.30. The molecule has 32 heavy (non-hydrogen) atoms. The van der Waals surface area contributed by atoms with Crippen LogP contribution in [-0.4, -0.2) is 21.6 Å². The largest absolute Gasteiger partial charge is 0.435 e. The van der Waals surface area contributed by atoms with Gasteiger partial charge in [-0.05, 0) is 54.8 Å². The fourth-order valence-electron chi connectivity index (χ4n) is 3.20. The molecule has 4 rings (SSSR count). The molecule has 0 aliphatic rings. The van der Waals surface area contributed by atoms with Gasteiger partial charge in [0, 0.05) is 33.7 Å². The van der Waals surface area contributed by atoms with E-state index < -0.39 is 6.61 Å². The Hall–Kier alpha value is -2.29. The Morgan fingerprint density at radius 3 is 2.59 bits per heavy atom. The van der Waals surface area contributed by atoms with Gasteiger partial charge in [-0.2, -0.15) is 8.78 Å². The molecule has 2 heterocycles. The van der Waals surface area contributed by atoms with Crippen molar-refractivity contribution < 1.29 is 13.5 Å². The van der Waals surface area contributed by atoms with E-state index in [1.165, 1.54) is 34.4 Å². The van der Waals surface area contributed by atoms with Crippen LogP contribution >= 0.6 is 35.1 Å². The molecule has 4 nitrogen and oxygen atoms in total. The molecule has 0 radical (unpaired) electrons. The molecule has 0 bridgehead atoms. The average Bonchev–Trinajstić information content (AvgIpc) is 3.16. The number of benzene rings is 2. The molecule has 0 unspecified atom stereocenters. The highest BCUT2D eigenvalue weighted by Gasteiger charge is 2.13. The first-order valence-electron chi connectivity index (χ1n) is 9.79. The molecule has 0 atom stereocenters. The van der Waals surface area contributed by atoms with E-state index in [0.29, 0.717) is 16.4 Å². The number of nitrogens with zero attached hydrogens (tertiary/aromatic N) is 2. The molecule has 0 aliphatic heterocycles. The van der Waals surface area contributed by atoms with Gasteiger partial charge in [-0.25, -0.2) is 4.98 Å². The Bertz CT molecular complexity index is 1230. The molecule has 0 saturated heterocycles. The quantitative estimate of drug-likeness (QED) is 0.260. The van der Waals surface area contributed by atoms with Gasteiger partial charge < -0.3 is 9.72 Å². The maximum absolute atomic E-state index is 12.4. The number of alkyl halides is 2. The number of pyridine rings is 1. The molecule has 166 valence electrons. The van der Waals surface area contributed by atoms with E-state index in [1.807, 2.05) is 30.5 Å². The van der Waals surface area contributed by atoms with Crippen LogP contribution in [-0.2, 0) is 11.5 Å². The van der Waals surface area contributed by atoms with Gasteiger partial charge in [-0.15, -0.1) is 11.8 Å². The van der Waals surface area contributed by atoms with Crippen LogP contribution in [0.3, 0.4) is 0 Å². The summed E-state index contributed by atoms with van der Waals surface area (Å²) in [7, 11) is 0. The Morgan fingerprint density at radius 2 is 1.84 bits per heavy atom. The molecule has 0 spiro atoms. The number of aromatic amines is 1. The maximum atomic E-state index is 12.4. The first-order valence-corrected chi connectivity index (χ1v) is 12.1. The third-order valence-corrected chi connectivity index (χ3v) is 7.38. The van der Waals surface area contributed by atoms with Crippen molar-refractivity contribution >= 4 is 46.2 Å². The third kappa shape index (κ3) is 5.54. The summed E-state index contributed by atoms with van der Waals surface area (Å²) >= 11 is 9.29. The minimum absolute atomic E-state index is 0.0916. The lowest BCUT2D eigenvalue weighted by Crippen LogP contribution is -2.01. The highest BCUT2D eigenvalue weighted by molar-refractivity contribution is 7.98. The zero-order valence-corrected chi connectivity index (χ0v) is 19.8. The molecular formula is C23H20ClF2N3OS2. The van der Waals surface area contributed by atoms with E-state index in [-0.39, 0.29) is 5.75 Å². The molecule has 0 fully saturated rings. The minimum Gasteiger partial charge on any atom is -0.435 e. The zero-order valence-electron chi connectivity index (χ0n) is 17.4. The summed E-state index contributed by atoms with van der Waals surface area (Å²) in [5.74, 6) is 1.58. The predicted molar refractivity (Wildman–Crippen MR) is 127 cm³/mol. The van der Waals surface area contributed by atoms with E-state index in [4.69, 9.17) is 11.6 Å². The van der Waals surface area contributed by atoms with Crippen molar-refractivity contribution in [1.29, 1.82) is 0 Å². The zero-order chi connectivity index (χ0) is 22.7. The van der Waals surface area contributed by atoms with Gasteiger partial charge in [0.15, 0.2) is 5.16 Å². The predicted octanol–water partition coefficient (Wildman–Crippen LogP) is 7.41. The second kappa shape index (κ2) is 10.1. The molecule has 2 aromatic carbocycles. The first-order chi connectivity index (χ1) is 15.4. The molecule has 2 aromatic heterocycles. The number of aromatic nitrogens is 3. The number of rotatable bonds is 8. The molecule has 0 saturated carbocycles. The van der Waals surface area contributed by atoms with Gasteiger partial charge in [-0.1, -0.05) is 35.5 Å². The smallest absolute Gasteiger partial charge is 0.387 e. The van der Waals surface area contributed by atoms with Gasteiger partial charge in [-0.3, -0.25) is 4.98 Å². The van der Waals surface area contributed by atoms with Crippen LogP contribution < -0.4 is 4.74 Å². The normalized spacial score (nSPS) is 11.4. The van der Waals surface area contributed by atoms with Crippen LogP contribution in [0.15, 0.2) is 58.7 Å². The van der Waals surface area contributed by atoms with Gasteiger partial charge in [0.1, 0.15) is 5.75 Å². The molecular weight excluding hydrogens is 472 g/mol. The van der Waals surface area contributed by atoms with Gasteiger partial charge in [0.25, 0.3) is 0 Å². The van der Waals surface area contributed by atoms with E-state index in [9.17, 15) is 8.78 Å². The van der Waals surface area contributed by atoms with Crippen LogP contribution in [0.1, 0.15) is 22.4 Å². The first kappa shape index (κ1) is 22.9. The van der Waals surface area contributed by atoms with Crippen LogP contribution in [0.5, 0.6) is 5.75 Å². The fourth-order valence-corrected chi connectivity index (χ4v) is 5.36. The average molecular weight is 492 g/mol. The Balaban J connectivity index is 1.46. The fraction of sp³-hybridized carbons (Fsp3) is 0.217. The summed E-state index contributed by atoms with van der Waals surface area (Å²) in [6, 6.07) is 12.6. The highest BCUT2D eigenvalue weighted by Crippen LogP contribution is 2.33. The number of hydrogen-bond donors (Lipinski definition) is 1. The molecule has 0 aliphatic carbocycles. The lowest BCUT2D eigenvalue weighted by molar-refractivity contribution is -0.0497. The minimum atomic E-state index is -2.86. The highest BCUT2D eigenvalue weighted by atomic mass is 35.5. The number of ether oxygens (including phenoxy) is 1. The van der Waals surface area contributed by atoms with Crippen molar-refractivity contribution in [3.8, 4) is 5.75 Å². The number of H-pyrrole nitrogens is 1. The number of fused-ring (bicyclic) bond motifs is 1. The van der Waals surface area contributed by atoms with Crippen molar-refractivity contribution in [1.82, 2.24) is 15.0 Å². The lowest BCUT2D eigenvalue weighted by atomic mass is 10.2. The molecule has 0 amide bonds. The van der Waals surface area contributed by atoms with Crippen molar-refractivity contribution in [3.63, 3.8) is 0 Å². The maximum Gasteiger partial charge on any atom is 0.387 e. The van der Waals surface area contributed by atoms with E-state index in [0.717, 1.165) is 33.1 Å². The topological polar surface area (TPSA) is 50.8 Å². The van der Waals surface area contributed by atoms with Gasteiger partial charge in [0.2, 0.25) is 0 Å². The van der Waals surface area contributed by atoms with Crippen LogP contribution in [0.2, 0.25) is 5.02 Å². The van der Waals surface area contributed by atoms with Crippen molar-refractivity contribution in [3.05, 3.63) is 76.1 Å². The van der Waals surface area contributed by atoms with Crippen LogP contribution in [0.25, 0.3) is 11.0 Å². The van der Waals surface area contributed by atoms with Crippen LogP contribution in [0, 0.1) is 13.8 Å². The van der Waals surface area contributed by atoms with E-state index in [2.05, 4.69) is 33.5 Å². The number of nitrogens with one attached hydrogen (secondary N) is 1. The number of aryl methyl sites for hydroxylation is 1. The number of imidazole rings is 1. The summed E-state index contributed by atoms with van der Waals surface area (Å²) in [4.78, 5) is 13.5. The number of halogens is 3. The molecule has 9 heteroatoms. The summed E-state index contributed by atoms with van der Waals surface area (Å²) < 4.78 is 29.3. The number of thioether (sulfide) groups is 2. The van der Waals surface area contributed by atoms with Crippen molar-refractivity contribution in [2.75, 3.05) is 0 Å². The standard InChI is InChI=1S/C23H20ClF2N3OS2/c1-13-10-27-20(14(2)21(13)31-11-15-3-5-16(24)6-4-15)12-32-23-28-18-8-7-17(30-22(25)26)9-19(18)29-23/h3-10,22H,11-12H2,1-2H3,(H,28,29). The second-order valence-electron chi connectivity index (χ2n) is 7.15. The van der Waals surface area contributed by atoms with Crippen molar-refractivity contribution in [2.45, 2.75) is 42.0 Å². The van der Waals surface area contributed by atoms with Crippen LogP contribution in [0.4, 0.5) is 8.78 Å². The third-order valence-electron chi connectivity index (χ3n) is 4.85. The second-order valence-corrected chi connectivity index (χ2v) is 9.53. The monoisotopic (exact) mass is 491 g/mol. The summed E-state index contributed by atoms with van der Waals surface area (Å²) in [5, 5.41) is 1.43. The summed E-state index contributed by atoms with van der Waals surface area (Å²) in [5.41, 5.74) is 5.84. The van der Waals surface area contributed by atoms with Gasteiger partial charge >= 0.3 is 6.61 Å². The molecule has 1 N–H and O–H groups in total. The molecule has 4 aromatic rings. The Morgan fingerprint density at radius 1 is 1.06 bits per heavy atom. The van der Waals surface area contributed by atoms with Gasteiger partial charge in [0.05, 0.1) is 16.7 Å². The van der Waals surface area contributed by atoms with E-state index in [1.54, 1.807) is 17.8 Å². The Kier molecular flexibility index (Phi) is 7.23. The Labute approximate surface area is 198 Å².